The monoisotopic (exact) mass is 278 g/mol. The van der Waals surface area contributed by atoms with Crippen molar-refractivity contribution in [1.82, 2.24) is 0 Å². The SMILES string of the molecule is Nc1c(NC(=O)COc2ccccc2)ccc(F)c1F. The number of para-hydroxylation sites is 1. The molecule has 2 aromatic carbocycles. The van der Waals surface area contributed by atoms with Crippen molar-refractivity contribution in [3.05, 3.63) is 54.1 Å². The number of amides is 1. The molecular formula is C14H12F2N2O2. The van der Waals surface area contributed by atoms with E-state index in [1.54, 1.807) is 24.3 Å². The lowest BCUT2D eigenvalue weighted by Gasteiger charge is -2.10. The lowest BCUT2D eigenvalue weighted by Crippen LogP contribution is -2.21. The number of rotatable bonds is 4. The molecule has 0 radical (unpaired) electrons. The summed E-state index contributed by atoms with van der Waals surface area (Å²) in [6, 6.07) is 10.8. The number of ether oxygens (including phenoxy) is 1. The van der Waals surface area contributed by atoms with Crippen LogP contribution in [-0.4, -0.2) is 12.5 Å². The maximum absolute atomic E-state index is 13.2. The molecule has 0 saturated carbocycles. The Morgan fingerprint density at radius 1 is 1.15 bits per heavy atom. The van der Waals surface area contributed by atoms with Gasteiger partial charge >= 0.3 is 0 Å². The molecule has 0 atom stereocenters. The van der Waals surface area contributed by atoms with Crippen LogP contribution in [0.5, 0.6) is 5.75 Å². The van der Waals surface area contributed by atoms with Crippen molar-refractivity contribution in [2.24, 2.45) is 0 Å². The first-order chi connectivity index (χ1) is 9.58. The zero-order chi connectivity index (χ0) is 14.5. The minimum absolute atomic E-state index is 0.00515. The molecule has 0 heterocycles. The van der Waals surface area contributed by atoms with E-state index < -0.39 is 23.2 Å². The van der Waals surface area contributed by atoms with E-state index >= 15 is 0 Å². The molecule has 1 amide bonds. The van der Waals surface area contributed by atoms with Gasteiger partial charge < -0.3 is 15.8 Å². The average Bonchev–Trinajstić information content (AvgIpc) is 2.47. The molecule has 0 bridgehead atoms. The summed E-state index contributed by atoms with van der Waals surface area (Å²) in [5, 5.41) is 2.35. The zero-order valence-corrected chi connectivity index (χ0v) is 10.4. The van der Waals surface area contributed by atoms with Crippen LogP contribution in [0.15, 0.2) is 42.5 Å². The van der Waals surface area contributed by atoms with Crippen LogP contribution in [0, 0.1) is 11.6 Å². The second-order valence-electron chi connectivity index (χ2n) is 3.97. The van der Waals surface area contributed by atoms with E-state index in [0.717, 1.165) is 6.07 Å². The molecule has 2 aromatic rings. The molecular weight excluding hydrogens is 266 g/mol. The molecule has 104 valence electrons. The van der Waals surface area contributed by atoms with Gasteiger partial charge in [-0.2, -0.15) is 0 Å². The second kappa shape index (κ2) is 6.01. The van der Waals surface area contributed by atoms with Crippen molar-refractivity contribution in [2.75, 3.05) is 17.7 Å². The largest absolute Gasteiger partial charge is 0.484 e. The Morgan fingerprint density at radius 3 is 2.55 bits per heavy atom. The summed E-state index contributed by atoms with van der Waals surface area (Å²) < 4.78 is 31.3. The van der Waals surface area contributed by atoms with E-state index in [9.17, 15) is 13.6 Å². The number of carbonyl (C=O) groups excluding carboxylic acids is 1. The molecule has 0 aliphatic carbocycles. The molecule has 20 heavy (non-hydrogen) atoms. The first kappa shape index (κ1) is 13.8. The van der Waals surface area contributed by atoms with Gasteiger partial charge in [-0.25, -0.2) is 8.78 Å². The maximum atomic E-state index is 13.2. The molecule has 6 heteroatoms. The summed E-state index contributed by atoms with van der Waals surface area (Å²) in [6.45, 7) is -0.261. The van der Waals surface area contributed by atoms with Crippen LogP contribution in [0.3, 0.4) is 0 Å². The fourth-order valence-corrected chi connectivity index (χ4v) is 1.53. The van der Waals surface area contributed by atoms with Crippen LogP contribution in [0.2, 0.25) is 0 Å². The third-order valence-electron chi connectivity index (χ3n) is 2.52. The number of nitrogen functional groups attached to an aromatic ring is 1. The lowest BCUT2D eigenvalue weighted by atomic mass is 10.2. The maximum Gasteiger partial charge on any atom is 0.262 e. The van der Waals surface area contributed by atoms with E-state index in [2.05, 4.69) is 5.32 Å². The van der Waals surface area contributed by atoms with Gasteiger partial charge in [0.05, 0.1) is 11.4 Å². The molecule has 0 spiro atoms. The zero-order valence-electron chi connectivity index (χ0n) is 10.4. The van der Waals surface area contributed by atoms with E-state index in [1.807, 2.05) is 6.07 Å². The molecule has 0 aliphatic rings. The molecule has 0 fully saturated rings. The Bertz CT molecular complexity index is 618. The number of nitrogens with two attached hydrogens (primary N) is 1. The van der Waals surface area contributed by atoms with Gasteiger partial charge in [-0.15, -0.1) is 0 Å². The Labute approximate surface area is 114 Å². The van der Waals surface area contributed by atoms with Gasteiger partial charge in [0.15, 0.2) is 18.2 Å². The first-order valence-electron chi connectivity index (χ1n) is 5.79. The first-order valence-corrected chi connectivity index (χ1v) is 5.79. The molecule has 0 aromatic heterocycles. The molecule has 3 N–H and O–H groups in total. The highest BCUT2D eigenvalue weighted by Crippen LogP contribution is 2.23. The minimum Gasteiger partial charge on any atom is -0.484 e. The Balaban J connectivity index is 1.97. The quantitative estimate of drug-likeness (QED) is 0.845. The van der Waals surface area contributed by atoms with Gasteiger partial charge in [-0.05, 0) is 24.3 Å². The van der Waals surface area contributed by atoms with E-state index in [1.165, 1.54) is 6.07 Å². The van der Waals surface area contributed by atoms with Gasteiger partial charge in [0.25, 0.3) is 5.91 Å². The second-order valence-corrected chi connectivity index (χ2v) is 3.97. The molecule has 0 aliphatic heterocycles. The number of halogens is 2. The molecule has 0 saturated heterocycles. The van der Waals surface area contributed by atoms with Crippen molar-refractivity contribution in [3.63, 3.8) is 0 Å². The fourth-order valence-electron chi connectivity index (χ4n) is 1.53. The van der Waals surface area contributed by atoms with Crippen LogP contribution in [-0.2, 0) is 4.79 Å². The standard InChI is InChI=1S/C14H12F2N2O2/c15-10-6-7-11(14(17)13(10)16)18-12(19)8-20-9-4-2-1-3-5-9/h1-7H,8,17H2,(H,18,19). The number of benzene rings is 2. The van der Waals surface area contributed by atoms with Crippen LogP contribution in [0.1, 0.15) is 0 Å². The van der Waals surface area contributed by atoms with Crippen molar-refractivity contribution >= 4 is 17.3 Å². The normalized spacial score (nSPS) is 10.1. The van der Waals surface area contributed by atoms with Crippen molar-refractivity contribution in [3.8, 4) is 5.75 Å². The van der Waals surface area contributed by atoms with E-state index in [0.29, 0.717) is 5.75 Å². The van der Waals surface area contributed by atoms with Crippen LogP contribution < -0.4 is 15.8 Å². The summed E-state index contributed by atoms with van der Waals surface area (Å²) in [7, 11) is 0. The Morgan fingerprint density at radius 2 is 1.85 bits per heavy atom. The molecule has 4 nitrogen and oxygen atoms in total. The van der Waals surface area contributed by atoms with Crippen LogP contribution >= 0.6 is 0 Å². The Kier molecular flexibility index (Phi) is 4.14. The van der Waals surface area contributed by atoms with Crippen molar-refractivity contribution in [2.45, 2.75) is 0 Å². The number of nitrogens with one attached hydrogen (secondary N) is 1. The van der Waals surface area contributed by atoms with Gasteiger partial charge in [0.2, 0.25) is 0 Å². The summed E-state index contributed by atoms with van der Waals surface area (Å²) in [4.78, 5) is 11.6. The predicted octanol–water partition coefficient (Wildman–Crippen LogP) is 2.56. The third-order valence-corrected chi connectivity index (χ3v) is 2.52. The van der Waals surface area contributed by atoms with Crippen LogP contribution in [0.25, 0.3) is 0 Å². The number of anilines is 2. The number of hydrogen-bond donors (Lipinski definition) is 2. The summed E-state index contributed by atoms with van der Waals surface area (Å²) in [5.41, 5.74) is 4.93. The van der Waals surface area contributed by atoms with Gasteiger partial charge in [0.1, 0.15) is 5.75 Å². The van der Waals surface area contributed by atoms with Crippen molar-refractivity contribution in [1.29, 1.82) is 0 Å². The van der Waals surface area contributed by atoms with E-state index in [-0.39, 0.29) is 12.3 Å². The topological polar surface area (TPSA) is 64.3 Å². The highest BCUT2D eigenvalue weighted by Gasteiger charge is 2.12. The lowest BCUT2D eigenvalue weighted by molar-refractivity contribution is -0.118. The Hall–Kier alpha value is -2.63. The van der Waals surface area contributed by atoms with Gasteiger partial charge in [0, 0.05) is 0 Å². The van der Waals surface area contributed by atoms with Crippen LogP contribution in [0.4, 0.5) is 20.2 Å². The summed E-state index contributed by atoms with van der Waals surface area (Å²) >= 11 is 0. The summed E-state index contributed by atoms with van der Waals surface area (Å²) in [5.74, 6) is -2.25. The molecule has 0 unspecified atom stereocenters. The smallest absolute Gasteiger partial charge is 0.262 e. The minimum atomic E-state index is -1.19. The fraction of sp³-hybridized carbons (Fsp3) is 0.0714. The van der Waals surface area contributed by atoms with Crippen molar-refractivity contribution < 1.29 is 18.3 Å². The number of carbonyl (C=O) groups is 1. The highest BCUT2D eigenvalue weighted by atomic mass is 19.2. The van der Waals surface area contributed by atoms with Gasteiger partial charge in [-0.1, -0.05) is 18.2 Å². The highest BCUT2D eigenvalue weighted by molar-refractivity contribution is 5.94. The number of hydrogen-bond acceptors (Lipinski definition) is 3. The van der Waals surface area contributed by atoms with Gasteiger partial charge in [-0.3, -0.25) is 4.79 Å². The van der Waals surface area contributed by atoms with E-state index in [4.69, 9.17) is 10.5 Å². The predicted molar refractivity (Wildman–Crippen MR) is 71.3 cm³/mol. The summed E-state index contributed by atoms with van der Waals surface area (Å²) in [6.07, 6.45) is 0. The third kappa shape index (κ3) is 3.23. The average molecular weight is 278 g/mol. The molecule has 2 rings (SSSR count).